The molecular weight excluding hydrogens is 204 g/mol. The van der Waals surface area contributed by atoms with E-state index in [0.29, 0.717) is 11.8 Å². The van der Waals surface area contributed by atoms with E-state index in [1.54, 1.807) is 6.92 Å². The molecule has 0 aromatic heterocycles. The van der Waals surface area contributed by atoms with E-state index in [2.05, 4.69) is 13.8 Å². The average Bonchev–Trinajstić information content (AvgIpc) is 2.38. The fourth-order valence-electron chi connectivity index (χ4n) is 2.75. The molecule has 1 saturated carbocycles. The molecule has 0 radical (unpaired) electrons. The first-order valence-corrected chi connectivity index (χ1v) is 6.27. The maximum absolute atomic E-state index is 11.2. The van der Waals surface area contributed by atoms with E-state index < -0.39 is 11.6 Å². The van der Waals surface area contributed by atoms with Crippen LogP contribution in [-0.4, -0.2) is 21.8 Å². The van der Waals surface area contributed by atoms with Crippen molar-refractivity contribution in [3.63, 3.8) is 0 Å². The van der Waals surface area contributed by atoms with Gasteiger partial charge in [0.15, 0.2) is 5.60 Å². The van der Waals surface area contributed by atoms with Crippen LogP contribution in [-0.2, 0) is 4.79 Å². The number of hydrogen-bond acceptors (Lipinski definition) is 2. The van der Waals surface area contributed by atoms with Gasteiger partial charge in [0.05, 0.1) is 0 Å². The molecule has 0 aliphatic heterocycles. The van der Waals surface area contributed by atoms with Crippen molar-refractivity contribution >= 4 is 5.97 Å². The SMILES string of the molecule is CCC(O)(C(=O)O)C1CCCC(C)(C)CC1. The van der Waals surface area contributed by atoms with Crippen LogP contribution in [0.5, 0.6) is 0 Å². The highest BCUT2D eigenvalue weighted by Gasteiger charge is 2.43. The zero-order valence-electron chi connectivity index (χ0n) is 10.6. The van der Waals surface area contributed by atoms with Crippen molar-refractivity contribution in [2.45, 2.75) is 64.9 Å². The molecule has 1 aliphatic rings. The molecule has 2 unspecified atom stereocenters. The van der Waals surface area contributed by atoms with Gasteiger partial charge in [-0.15, -0.1) is 0 Å². The summed E-state index contributed by atoms with van der Waals surface area (Å²) < 4.78 is 0. The van der Waals surface area contributed by atoms with Gasteiger partial charge < -0.3 is 10.2 Å². The number of aliphatic hydroxyl groups is 1. The lowest BCUT2D eigenvalue weighted by Gasteiger charge is -2.31. The van der Waals surface area contributed by atoms with Gasteiger partial charge in [-0.3, -0.25) is 0 Å². The standard InChI is InChI=1S/C13H24O3/c1-4-13(16,11(14)15)10-6-5-8-12(2,3)9-7-10/h10,16H,4-9H2,1-3H3,(H,14,15). The molecule has 1 rings (SSSR count). The highest BCUT2D eigenvalue weighted by Crippen LogP contribution is 2.40. The number of aliphatic carboxylic acids is 1. The fraction of sp³-hybridized carbons (Fsp3) is 0.923. The van der Waals surface area contributed by atoms with Crippen LogP contribution in [0.1, 0.15) is 59.3 Å². The molecule has 1 fully saturated rings. The molecule has 3 heteroatoms. The van der Waals surface area contributed by atoms with Crippen molar-refractivity contribution in [3.05, 3.63) is 0 Å². The molecule has 3 nitrogen and oxygen atoms in total. The van der Waals surface area contributed by atoms with Crippen LogP contribution in [0.3, 0.4) is 0 Å². The van der Waals surface area contributed by atoms with Gasteiger partial charge in [-0.2, -0.15) is 0 Å². The van der Waals surface area contributed by atoms with Crippen molar-refractivity contribution < 1.29 is 15.0 Å². The van der Waals surface area contributed by atoms with E-state index >= 15 is 0 Å². The monoisotopic (exact) mass is 228 g/mol. The van der Waals surface area contributed by atoms with Gasteiger partial charge in [-0.05, 0) is 43.4 Å². The Bertz CT molecular complexity index is 260. The Morgan fingerprint density at radius 1 is 1.38 bits per heavy atom. The summed E-state index contributed by atoms with van der Waals surface area (Å²) in [7, 11) is 0. The second-order valence-electron chi connectivity index (χ2n) is 5.88. The summed E-state index contributed by atoms with van der Waals surface area (Å²) in [5, 5.41) is 19.4. The third kappa shape index (κ3) is 2.76. The fourth-order valence-corrected chi connectivity index (χ4v) is 2.75. The number of rotatable bonds is 3. The number of carbonyl (C=O) groups is 1. The summed E-state index contributed by atoms with van der Waals surface area (Å²) in [6, 6.07) is 0. The second kappa shape index (κ2) is 4.74. The Balaban J connectivity index is 2.77. The quantitative estimate of drug-likeness (QED) is 0.730. The summed E-state index contributed by atoms with van der Waals surface area (Å²) in [6.07, 6.45) is 5.11. The maximum atomic E-state index is 11.2. The van der Waals surface area contributed by atoms with Gasteiger partial charge in [0.25, 0.3) is 0 Å². The first-order chi connectivity index (χ1) is 7.32. The summed E-state index contributed by atoms with van der Waals surface area (Å²) >= 11 is 0. The predicted octanol–water partition coefficient (Wildman–Crippen LogP) is 2.82. The van der Waals surface area contributed by atoms with E-state index in [9.17, 15) is 9.90 Å². The minimum atomic E-state index is -1.51. The second-order valence-corrected chi connectivity index (χ2v) is 5.88. The Hall–Kier alpha value is -0.570. The average molecular weight is 228 g/mol. The number of carboxylic acid groups (broad SMARTS) is 1. The molecule has 0 spiro atoms. The molecule has 0 aromatic carbocycles. The van der Waals surface area contributed by atoms with Gasteiger partial charge in [0.1, 0.15) is 0 Å². The van der Waals surface area contributed by atoms with Crippen molar-refractivity contribution in [1.29, 1.82) is 0 Å². The molecule has 0 bridgehead atoms. The van der Waals surface area contributed by atoms with Crippen LogP contribution in [0.2, 0.25) is 0 Å². The first kappa shape index (κ1) is 13.5. The summed E-state index contributed by atoms with van der Waals surface area (Å²) in [4.78, 5) is 11.2. The normalized spacial score (nSPS) is 29.1. The van der Waals surface area contributed by atoms with E-state index in [-0.39, 0.29) is 5.92 Å². The summed E-state index contributed by atoms with van der Waals surface area (Å²) in [5.41, 5.74) is -1.22. The molecule has 2 N–H and O–H groups in total. The van der Waals surface area contributed by atoms with Crippen molar-refractivity contribution in [3.8, 4) is 0 Å². The Kier molecular flexibility index (Phi) is 4.00. The van der Waals surface area contributed by atoms with Crippen LogP contribution in [0.25, 0.3) is 0 Å². The lowest BCUT2D eigenvalue weighted by atomic mass is 9.79. The largest absolute Gasteiger partial charge is 0.479 e. The number of carboxylic acids is 1. The van der Waals surface area contributed by atoms with Crippen LogP contribution >= 0.6 is 0 Å². The Labute approximate surface area is 97.9 Å². The first-order valence-electron chi connectivity index (χ1n) is 6.27. The van der Waals surface area contributed by atoms with E-state index in [1.807, 2.05) is 0 Å². The Morgan fingerprint density at radius 3 is 2.50 bits per heavy atom. The van der Waals surface area contributed by atoms with Gasteiger partial charge >= 0.3 is 5.97 Å². The third-order valence-corrected chi connectivity index (χ3v) is 4.16. The van der Waals surface area contributed by atoms with Crippen LogP contribution in [0.15, 0.2) is 0 Å². The molecule has 2 atom stereocenters. The van der Waals surface area contributed by atoms with E-state index in [0.717, 1.165) is 32.1 Å². The van der Waals surface area contributed by atoms with E-state index in [4.69, 9.17) is 5.11 Å². The molecule has 0 amide bonds. The van der Waals surface area contributed by atoms with Gasteiger partial charge in [0, 0.05) is 0 Å². The Morgan fingerprint density at radius 2 is 2.00 bits per heavy atom. The molecule has 0 heterocycles. The van der Waals surface area contributed by atoms with Crippen LogP contribution < -0.4 is 0 Å². The highest BCUT2D eigenvalue weighted by atomic mass is 16.4. The van der Waals surface area contributed by atoms with Gasteiger partial charge in [-0.1, -0.05) is 27.2 Å². The summed E-state index contributed by atoms with van der Waals surface area (Å²) in [5.74, 6) is -1.14. The molecular formula is C13H24O3. The van der Waals surface area contributed by atoms with Crippen molar-refractivity contribution in [2.75, 3.05) is 0 Å². The molecule has 94 valence electrons. The lowest BCUT2D eigenvalue weighted by molar-refractivity contribution is -0.166. The van der Waals surface area contributed by atoms with Crippen molar-refractivity contribution in [2.24, 2.45) is 11.3 Å². The van der Waals surface area contributed by atoms with Gasteiger partial charge in [0.2, 0.25) is 0 Å². The summed E-state index contributed by atoms with van der Waals surface area (Å²) in [6.45, 7) is 6.20. The highest BCUT2D eigenvalue weighted by molar-refractivity contribution is 5.77. The van der Waals surface area contributed by atoms with Crippen molar-refractivity contribution in [1.82, 2.24) is 0 Å². The third-order valence-electron chi connectivity index (χ3n) is 4.16. The smallest absolute Gasteiger partial charge is 0.335 e. The minimum Gasteiger partial charge on any atom is -0.479 e. The molecule has 0 aromatic rings. The molecule has 16 heavy (non-hydrogen) atoms. The zero-order chi connectivity index (χ0) is 12.4. The maximum Gasteiger partial charge on any atom is 0.335 e. The topological polar surface area (TPSA) is 57.5 Å². The minimum absolute atomic E-state index is 0.0863. The van der Waals surface area contributed by atoms with Crippen LogP contribution in [0, 0.1) is 11.3 Å². The van der Waals surface area contributed by atoms with Gasteiger partial charge in [-0.25, -0.2) is 4.79 Å². The van der Waals surface area contributed by atoms with E-state index in [1.165, 1.54) is 0 Å². The predicted molar refractivity (Wildman–Crippen MR) is 63.2 cm³/mol. The zero-order valence-corrected chi connectivity index (χ0v) is 10.6. The van der Waals surface area contributed by atoms with Crippen LogP contribution in [0.4, 0.5) is 0 Å². The molecule has 0 saturated heterocycles. The molecule has 1 aliphatic carbocycles. The lowest BCUT2D eigenvalue weighted by Crippen LogP contribution is -2.45. The number of hydrogen-bond donors (Lipinski definition) is 2.